The van der Waals surface area contributed by atoms with Crippen molar-refractivity contribution in [1.29, 1.82) is 0 Å². The number of nitrogens with zero attached hydrogens (tertiary/aromatic N) is 4. The third kappa shape index (κ3) is 4.86. The average molecular weight is 419 g/mol. The van der Waals surface area contributed by atoms with Gasteiger partial charge < -0.3 is 15.2 Å². The molecule has 4 rings (SSSR count). The van der Waals surface area contributed by atoms with Crippen molar-refractivity contribution in [2.24, 2.45) is 4.99 Å². The number of fused-ring (bicyclic) bond motifs is 1. The maximum Gasteiger partial charge on any atom is 0.193 e. The Labute approximate surface area is 180 Å². The van der Waals surface area contributed by atoms with Crippen LogP contribution in [0.5, 0.6) is 0 Å². The van der Waals surface area contributed by atoms with Gasteiger partial charge in [-0.15, -0.1) is 11.3 Å². The maximum absolute atomic E-state index is 4.71. The predicted octanol–water partition coefficient (Wildman–Crippen LogP) is 4.33. The van der Waals surface area contributed by atoms with E-state index < -0.39 is 0 Å². The van der Waals surface area contributed by atoms with Crippen molar-refractivity contribution in [3.05, 3.63) is 71.6 Å². The van der Waals surface area contributed by atoms with Crippen LogP contribution < -0.4 is 5.32 Å². The quantitative estimate of drug-likeness (QED) is 0.266. The van der Waals surface area contributed by atoms with Gasteiger partial charge in [0.05, 0.1) is 33.7 Å². The van der Waals surface area contributed by atoms with Crippen molar-refractivity contribution in [2.75, 3.05) is 20.6 Å². The van der Waals surface area contributed by atoms with Crippen LogP contribution in [-0.4, -0.2) is 46.5 Å². The number of aromatic nitrogens is 3. The summed E-state index contributed by atoms with van der Waals surface area (Å²) in [6, 6.07) is 18.5. The molecule has 30 heavy (non-hydrogen) atoms. The van der Waals surface area contributed by atoms with E-state index >= 15 is 0 Å². The number of aromatic amines is 1. The SMILES string of the molecule is CN=C(NCCCc1nc2ccccc2s1)N(C)Cc1ncc(-c2ccccc2)[nH]1. The molecular formula is C23H26N6S. The summed E-state index contributed by atoms with van der Waals surface area (Å²) < 4.78 is 1.25. The van der Waals surface area contributed by atoms with Crippen molar-refractivity contribution in [2.45, 2.75) is 19.4 Å². The third-order valence-electron chi connectivity index (χ3n) is 4.86. The van der Waals surface area contributed by atoms with Crippen LogP contribution in [0.15, 0.2) is 65.8 Å². The van der Waals surface area contributed by atoms with Gasteiger partial charge in [-0.1, -0.05) is 42.5 Å². The Morgan fingerprint density at radius 3 is 2.73 bits per heavy atom. The van der Waals surface area contributed by atoms with Gasteiger partial charge in [0.25, 0.3) is 0 Å². The van der Waals surface area contributed by atoms with Gasteiger partial charge in [-0.25, -0.2) is 9.97 Å². The summed E-state index contributed by atoms with van der Waals surface area (Å²) in [6.45, 7) is 1.50. The van der Waals surface area contributed by atoms with Gasteiger partial charge in [0.1, 0.15) is 5.82 Å². The summed E-state index contributed by atoms with van der Waals surface area (Å²) in [5.41, 5.74) is 3.25. The second kappa shape index (κ2) is 9.54. The monoisotopic (exact) mass is 418 g/mol. The number of nitrogens with one attached hydrogen (secondary N) is 2. The molecule has 4 aromatic rings. The number of para-hydroxylation sites is 1. The summed E-state index contributed by atoms with van der Waals surface area (Å²) in [5.74, 6) is 1.77. The van der Waals surface area contributed by atoms with Crippen molar-refractivity contribution in [3.8, 4) is 11.3 Å². The molecule has 0 saturated heterocycles. The molecule has 0 bridgehead atoms. The molecule has 2 heterocycles. The molecule has 0 aliphatic heterocycles. The lowest BCUT2D eigenvalue weighted by Crippen LogP contribution is -2.39. The lowest BCUT2D eigenvalue weighted by molar-refractivity contribution is 0.463. The molecule has 2 aromatic carbocycles. The van der Waals surface area contributed by atoms with Crippen LogP contribution in [0, 0.1) is 0 Å². The molecule has 0 fully saturated rings. The van der Waals surface area contributed by atoms with E-state index in [9.17, 15) is 0 Å². The number of hydrogen-bond acceptors (Lipinski definition) is 4. The summed E-state index contributed by atoms with van der Waals surface area (Å²) in [6.07, 6.45) is 3.85. The van der Waals surface area contributed by atoms with Gasteiger partial charge in [-0.05, 0) is 24.1 Å². The smallest absolute Gasteiger partial charge is 0.193 e. The molecule has 0 saturated carbocycles. The van der Waals surface area contributed by atoms with Gasteiger partial charge in [0.15, 0.2) is 5.96 Å². The zero-order valence-electron chi connectivity index (χ0n) is 17.3. The Kier molecular flexibility index (Phi) is 6.39. The number of H-pyrrole nitrogens is 1. The van der Waals surface area contributed by atoms with Crippen molar-refractivity contribution in [3.63, 3.8) is 0 Å². The lowest BCUT2D eigenvalue weighted by Gasteiger charge is -2.21. The number of thiazole rings is 1. The highest BCUT2D eigenvalue weighted by Crippen LogP contribution is 2.22. The first-order chi connectivity index (χ1) is 14.7. The highest BCUT2D eigenvalue weighted by molar-refractivity contribution is 7.18. The minimum atomic E-state index is 0.657. The van der Waals surface area contributed by atoms with Crippen LogP contribution in [0.2, 0.25) is 0 Å². The van der Waals surface area contributed by atoms with Gasteiger partial charge in [0.2, 0.25) is 0 Å². The van der Waals surface area contributed by atoms with Crippen LogP contribution >= 0.6 is 11.3 Å². The minimum absolute atomic E-state index is 0.657. The molecule has 2 N–H and O–H groups in total. The molecule has 0 radical (unpaired) electrons. The Morgan fingerprint density at radius 2 is 1.93 bits per heavy atom. The molecule has 0 aliphatic carbocycles. The van der Waals surface area contributed by atoms with Crippen LogP contribution in [-0.2, 0) is 13.0 Å². The highest BCUT2D eigenvalue weighted by Gasteiger charge is 2.10. The first kappa shape index (κ1) is 20.1. The number of aliphatic imine (C=N–C) groups is 1. The van der Waals surface area contributed by atoms with Crippen molar-refractivity contribution < 1.29 is 0 Å². The third-order valence-corrected chi connectivity index (χ3v) is 5.96. The number of aryl methyl sites for hydroxylation is 1. The molecule has 0 atom stereocenters. The van der Waals surface area contributed by atoms with E-state index in [1.54, 1.807) is 11.3 Å². The molecule has 7 heteroatoms. The van der Waals surface area contributed by atoms with Crippen LogP contribution in [0.25, 0.3) is 21.5 Å². The Hall–Kier alpha value is -3.19. The van der Waals surface area contributed by atoms with E-state index in [-0.39, 0.29) is 0 Å². The van der Waals surface area contributed by atoms with Crippen LogP contribution in [0.3, 0.4) is 0 Å². The second-order valence-corrected chi connectivity index (χ2v) is 8.23. The average Bonchev–Trinajstić information content (AvgIpc) is 3.41. The fourth-order valence-corrected chi connectivity index (χ4v) is 4.37. The highest BCUT2D eigenvalue weighted by atomic mass is 32.1. The molecule has 0 unspecified atom stereocenters. The largest absolute Gasteiger partial charge is 0.356 e. The molecule has 0 spiro atoms. The van der Waals surface area contributed by atoms with Crippen LogP contribution in [0.4, 0.5) is 0 Å². The standard InChI is InChI=1S/C23H26N6S/c1-24-23(25-14-8-13-22-28-18-11-6-7-12-20(18)30-22)29(2)16-21-26-15-19(27-21)17-9-4-3-5-10-17/h3-7,9-12,15H,8,13-14,16H2,1-2H3,(H,24,25)(H,26,27). The summed E-state index contributed by atoms with van der Waals surface area (Å²) >= 11 is 1.78. The lowest BCUT2D eigenvalue weighted by atomic mass is 10.2. The number of hydrogen-bond donors (Lipinski definition) is 2. The topological polar surface area (TPSA) is 69.2 Å². The normalized spacial score (nSPS) is 11.7. The maximum atomic E-state index is 4.71. The molecule has 6 nitrogen and oxygen atoms in total. The Bertz CT molecular complexity index is 1080. The van der Waals surface area contributed by atoms with Gasteiger partial charge >= 0.3 is 0 Å². The molecule has 0 aliphatic rings. The summed E-state index contributed by atoms with van der Waals surface area (Å²) in [5, 5.41) is 4.63. The Balaban J connectivity index is 1.27. The van der Waals surface area contributed by atoms with Crippen molar-refractivity contribution >= 4 is 27.5 Å². The Morgan fingerprint density at radius 1 is 1.13 bits per heavy atom. The molecule has 2 aromatic heterocycles. The number of guanidine groups is 1. The molecule has 154 valence electrons. The summed E-state index contributed by atoms with van der Waals surface area (Å²) in [4.78, 5) is 19.1. The molecule has 0 amide bonds. The first-order valence-electron chi connectivity index (χ1n) is 10.1. The second-order valence-electron chi connectivity index (χ2n) is 7.12. The van der Waals surface area contributed by atoms with E-state index in [2.05, 4.69) is 55.5 Å². The fourth-order valence-electron chi connectivity index (χ4n) is 3.36. The number of imidazole rings is 1. The van der Waals surface area contributed by atoms with Gasteiger partial charge in [-0.2, -0.15) is 0 Å². The summed E-state index contributed by atoms with van der Waals surface area (Å²) in [7, 11) is 3.83. The van der Waals surface area contributed by atoms with Gasteiger partial charge in [0, 0.05) is 27.1 Å². The van der Waals surface area contributed by atoms with Gasteiger partial charge in [-0.3, -0.25) is 4.99 Å². The van der Waals surface area contributed by atoms with Crippen LogP contribution in [0.1, 0.15) is 17.3 Å². The van der Waals surface area contributed by atoms with E-state index in [1.807, 2.05) is 44.6 Å². The minimum Gasteiger partial charge on any atom is -0.356 e. The predicted molar refractivity (Wildman–Crippen MR) is 125 cm³/mol. The number of benzene rings is 2. The zero-order valence-corrected chi connectivity index (χ0v) is 18.1. The van der Waals surface area contributed by atoms with E-state index in [0.717, 1.165) is 47.9 Å². The van der Waals surface area contributed by atoms with E-state index in [0.29, 0.717) is 6.54 Å². The fraction of sp³-hybridized carbons (Fsp3) is 0.261. The number of rotatable bonds is 7. The van der Waals surface area contributed by atoms with Crippen molar-refractivity contribution in [1.82, 2.24) is 25.2 Å². The first-order valence-corrected chi connectivity index (χ1v) is 10.9. The van der Waals surface area contributed by atoms with E-state index in [4.69, 9.17) is 4.98 Å². The molecular weight excluding hydrogens is 392 g/mol. The zero-order chi connectivity index (χ0) is 20.8. The van der Waals surface area contributed by atoms with E-state index in [1.165, 1.54) is 9.71 Å².